The van der Waals surface area contributed by atoms with Gasteiger partial charge in [0.05, 0.1) is 19.6 Å². The van der Waals surface area contributed by atoms with Crippen LogP contribution in [0.25, 0.3) is 10.8 Å². The van der Waals surface area contributed by atoms with Crippen LogP contribution in [-0.4, -0.2) is 22.9 Å². The number of methoxy groups -OCH3 is 1. The Morgan fingerprint density at radius 3 is 2.85 bits per heavy atom. The summed E-state index contributed by atoms with van der Waals surface area (Å²) in [6.45, 7) is 0. The molecule has 0 fully saturated rings. The number of carbonyl (C=O) groups is 1. The zero-order chi connectivity index (χ0) is 14.1. The van der Waals surface area contributed by atoms with Crippen LogP contribution in [-0.2, 0) is 0 Å². The first-order valence-corrected chi connectivity index (χ1v) is 6.00. The Kier molecular flexibility index (Phi) is 2.95. The van der Waals surface area contributed by atoms with Crippen LogP contribution in [0.15, 0.2) is 42.9 Å². The van der Waals surface area contributed by atoms with E-state index in [1.165, 1.54) is 19.6 Å². The van der Waals surface area contributed by atoms with Crippen LogP contribution in [0.5, 0.6) is 5.75 Å². The van der Waals surface area contributed by atoms with Crippen LogP contribution >= 0.6 is 0 Å². The van der Waals surface area contributed by atoms with Gasteiger partial charge in [0.1, 0.15) is 5.69 Å². The number of carbonyl (C=O) groups excluding carboxylic acids is 1. The molecule has 5 heteroatoms. The number of aromatic nitrogens is 2. The van der Waals surface area contributed by atoms with Crippen LogP contribution in [0.4, 0.5) is 4.39 Å². The van der Waals surface area contributed by atoms with Gasteiger partial charge in [-0.15, -0.1) is 0 Å². The van der Waals surface area contributed by atoms with Crippen molar-refractivity contribution in [3.63, 3.8) is 0 Å². The maximum absolute atomic E-state index is 14.0. The van der Waals surface area contributed by atoms with Gasteiger partial charge in [-0.05, 0) is 17.5 Å². The summed E-state index contributed by atoms with van der Waals surface area (Å²) in [5.41, 5.74) is 0.879. The van der Waals surface area contributed by atoms with Crippen molar-refractivity contribution in [2.75, 3.05) is 7.11 Å². The van der Waals surface area contributed by atoms with E-state index in [0.717, 1.165) is 0 Å². The van der Waals surface area contributed by atoms with Crippen molar-refractivity contribution in [3.8, 4) is 5.75 Å². The van der Waals surface area contributed by atoms with Gasteiger partial charge < -0.3 is 9.72 Å². The molecular formula is C15H11FN2O2. The highest BCUT2D eigenvalue weighted by molar-refractivity contribution is 6.09. The molecule has 4 nitrogen and oxygen atoms in total. The Hall–Kier alpha value is -2.69. The Labute approximate surface area is 114 Å². The summed E-state index contributed by atoms with van der Waals surface area (Å²) in [7, 11) is 1.42. The third-order valence-corrected chi connectivity index (χ3v) is 3.14. The average Bonchev–Trinajstić information content (AvgIpc) is 3.01. The highest BCUT2D eigenvalue weighted by Gasteiger charge is 2.13. The van der Waals surface area contributed by atoms with Crippen molar-refractivity contribution in [2.24, 2.45) is 0 Å². The maximum Gasteiger partial charge on any atom is 0.210 e. The molecular weight excluding hydrogens is 259 g/mol. The van der Waals surface area contributed by atoms with Gasteiger partial charge in [-0.2, -0.15) is 0 Å². The molecule has 0 bridgehead atoms. The van der Waals surface area contributed by atoms with Crippen molar-refractivity contribution in [2.45, 2.75) is 0 Å². The normalized spacial score (nSPS) is 10.7. The number of hydrogen-bond donors (Lipinski definition) is 1. The number of fused-ring (bicyclic) bond motifs is 1. The molecule has 0 atom stereocenters. The quantitative estimate of drug-likeness (QED) is 0.744. The first kappa shape index (κ1) is 12.3. The van der Waals surface area contributed by atoms with Crippen molar-refractivity contribution in [1.82, 2.24) is 9.97 Å². The first-order chi connectivity index (χ1) is 9.70. The fourth-order valence-corrected chi connectivity index (χ4v) is 2.11. The first-order valence-electron chi connectivity index (χ1n) is 6.00. The highest BCUT2D eigenvalue weighted by atomic mass is 19.1. The number of rotatable bonds is 3. The lowest BCUT2D eigenvalue weighted by Gasteiger charge is -2.06. The predicted octanol–water partition coefficient (Wildman–Crippen LogP) is 2.94. The molecule has 0 unspecified atom stereocenters. The molecule has 2 aromatic carbocycles. The fraction of sp³-hybridized carbons (Fsp3) is 0.0667. The Balaban J connectivity index is 2.10. The Morgan fingerprint density at radius 1 is 1.30 bits per heavy atom. The Bertz CT molecular complexity index is 782. The van der Waals surface area contributed by atoms with Crippen LogP contribution in [0.3, 0.4) is 0 Å². The Morgan fingerprint density at radius 2 is 2.15 bits per heavy atom. The van der Waals surface area contributed by atoms with Crippen molar-refractivity contribution in [1.29, 1.82) is 0 Å². The van der Waals surface area contributed by atoms with E-state index in [4.69, 9.17) is 4.74 Å². The zero-order valence-corrected chi connectivity index (χ0v) is 10.7. The van der Waals surface area contributed by atoms with Crippen LogP contribution < -0.4 is 4.74 Å². The third kappa shape index (κ3) is 1.93. The summed E-state index contributed by atoms with van der Waals surface area (Å²) in [5.74, 6) is -0.420. The van der Waals surface area contributed by atoms with Gasteiger partial charge in [0.2, 0.25) is 5.78 Å². The zero-order valence-electron chi connectivity index (χ0n) is 10.7. The minimum atomic E-state index is -0.425. The molecule has 0 amide bonds. The lowest BCUT2D eigenvalue weighted by Crippen LogP contribution is -2.01. The number of nitrogens with zero attached hydrogens (tertiary/aromatic N) is 1. The molecule has 0 aliphatic carbocycles. The van der Waals surface area contributed by atoms with E-state index in [0.29, 0.717) is 22.0 Å². The van der Waals surface area contributed by atoms with Crippen molar-refractivity contribution >= 4 is 16.6 Å². The molecule has 1 heterocycles. The number of benzene rings is 2. The van der Waals surface area contributed by atoms with Crippen LogP contribution in [0.2, 0.25) is 0 Å². The summed E-state index contributed by atoms with van der Waals surface area (Å²) in [6, 6.07) is 8.09. The molecule has 0 saturated carbocycles. The number of ketones is 1. The van der Waals surface area contributed by atoms with Gasteiger partial charge in [0.25, 0.3) is 0 Å². The minimum Gasteiger partial charge on any atom is -0.494 e. The third-order valence-electron chi connectivity index (χ3n) is 3.14. The second-order valence-corrected chi connectivity index (χ2v) is 4.31. The molecule has 0 aliphatic heterocycles. The predicted molar refractivity (Wildman–Crippen MR) is 72.5 cm³/mol. The van der Waals surface area contributed by atoms with Gasteiger partial charge >= 0.3 is 0 Å². The number of ether oxygens (including phenoxy) is 1. The standard InChI is InChI=1S/C15H11FN2O2/c1-20-13-5-3-9-6-10(2-4-11(9)14(13)16)15(19)12-7-17-8-18-12/h2-8H,1H3,(H,17,18). The number of imidazole rings is 1. The number of aromatic amines is 1. The molecule has 0 saturated heterocycles. The maximum atomic E-state index is 14.0. The van der Waals surface area contributed by atoms with Crippen LogP contribution in [0.1, 0.15) is 16.1 Å². The molecule has 20 heavy (non-hydrogen) atoms. The van der Waals surface area contributed by atoms with Crippen LogP contribution in [0, 0.1) is 5.82 Å². The molecule has 3 aromatic rings. The summed E-state index contributed by atoms with van der Waals surface area (Å²) >= 11 is 0. The van der Waals surface area contributed by atoms with Gasteiger partial charge in [-0.25, -0.2) is 9.37 Å². The molecule has 3 rings (SSSR count). The van der Waals surface area contributed by atoms with E-state index in [9.17, 15) is 9.18 Å². The molecule has 0 spiro atoms. The summed E-state index contributed by atoms with van der Waals surface area (Å²) in [5, 5.41) is 1.07. The summed E-state index contributed by atoms with van der Waals surface area (Å²) in [6.07, 6.45) is 2.90. The smallest absolute Gasteiger partial charge is 0.210 e. The monoisotopic (exact) mass is 270 g/mol. The fourth-order valence-electron chi connectivity index (χ4n) is 2.11. The van der Waals surface area contributed by atoms with E-state index >= 15 is 0 Å². The van der Waals surface area contributed by atoms with E-state index in [1.54, 1.807) is 30.3 Å². The number of hydrogen-bond acceptors (Lipinski definition) is 3. The van der Waals surface area contributed by atoms with E-state index in [1.807, 2.05) is 0 Å². The number of nitrogens with one attached hydrogen (secondary N) is 1. The topological polar surface area (TPSA) is 55.0 Å². The number of halogens is 1. The van der Waals surface area contributed by atoms with Gasteiger partial charge in [-0.3, -0.25) is 4.79 Å². The SMILES string of the molecule is COc1ccc2cc(C(=O)c3cnc[nH]3)ccc2c1F. The molecule has 100 valence electrons. The lowest BCUT2D eigenvalue weighted by atomic mass is 10.0. The summed E-state index contributed by atoms with van der Waals surface area (Å²) < 4.78 is 19.0. The van der Waals surface area contributed by atoms with Crippen molar-refractivity contribution in [3.05, 3.63) is 59.9 Å². The average molecular weight is 270 g/mol. The van der Waals surface area contributed by atoms with E-state index in [-0.39, 0.29) is 11.5 Å². The van der Waals surface area contributed by atoms with E-state index in [2.05, 4.69) is 9.97 Å². The van der Waals surface area contributed by atoms with Gasteiger partial charge in [-0.1, -0.05) is 18.2 Å². The molecule has 0 aliphatic rings. The van der Waals surface area contributed by atoms with Gasteiger partial charge in [0, 0.05) is 10.9 Å². The number of H-pyrrole nitrogens is 1. The molecule has 1 aromatic heterocycles. The van der Waals surface area contributed by atoms with E-state index < -0.39 is 5.82 Å². The lowest BCUT2D eigenvalue weighted by molar-refractivity contribution is 0.103. The second kappa shape index (κ2) is 4.77. The molecule has 1 N–H and O–H groups in total. The minimum absolute atomic E-state index is 0.180. The van der Waals surface area contributed by atoms with Gasteiger partial charge in [0.15, 0.2) is 11.6 Å². The molecule has 0 radical (unpaired) electrons. The summed E-state index contributed by atoms with van der Waals surface area (Å²) in [4.78, 5) is 18.7. The van der Waals surface area contributed by atoms with Crippen molar-refractivity contribution < 1.29 is 13.9 Å². The largest absolute Gasteiger partial charge is 0.494 e. The second-order valence-electron chi connectivity index (χ2n) is 4.31. The highest BCUT2D eigenvalue weighted by Crippen LogP contribution is 2.27.